The molecule has 1 atom stereocenters. The van der Waals surface area contributed by atoms with Crippen LogP contribution in [0.15, 0.2) is 59.6 Å². The van der Waals surface area contributed by atoms with Gasteiger partial charge in [-0.05, 0) is 31.2 Å². The van der Waals surface area contributed by atoms with Crippen molar-refractivity contribution in [3.05, 3.63) is 54.6 Å². The highest BCUT2D eigenvalue weighted by atomic mass is 32.2. The summed E-state index contributed by atoms with van der Waals surface area (Å²) in [5.41, 5.74) is 1.38. The Balaban J connectivity index is 1.82. The second kappa shape index (κ2) is 8.73. The zero-order chi connectivity index (χ0) is 19.2. The van der Waals surface area contributed by atoms with E-state index in [4.69, 9.17) is 4.74 Å². The topological polar surface area (TPSA) is 71.0 Å². The number of rotatable bonds is 5. The Morgan fingerprint density at radius 1 is 1.26 bits per heavy atom. The largest absolute Gasteiger partial charge is 0.497 e. The number of carbonyl (C=O) groups is 2. The molecule has 1 heterocycles. The molecule has 6 nitrogen and oxygen atoms in total. The Bertz CT molecular complexity index is 855. The van der Waals surface area contributed by atoms with Crippen LogP contribution in [0.1, 0.15) is 13.3 Å². The molecule has 0 saturated carbocycles. The molecule has 0 aliphatic carbocycles. The molecule has 1 aliphatic heterocycles. The van der Waals surface area contributed by atoms with E-state index < -0.39 is 5.25 Å². The van der Waals surface area contributed by atoms with Crippen molar-refractivity contribution in [1.29, 1.82) is 0 Å². The molecular weight excluding hydrogens is 362 g/mol. The normalized spacial score (nSPS) is 18.4. The summed E-state index contributed by atoms with van der Waals surface area (Å²) in [4.78, 5) is 31.4. The number of ether oxygens (including phenoxy) is 1. The number of anilines is 1. The maximum Gasteiger partial charge on any atom is 0.238 e. The Kier molecular flexibility index (Phi) is 6.13. The maximum absolute atomic E-state index is 12.6. The van der Waals surface area contributed by atoms with Gasteiger partial charge in [0.2, 0.25) is 11.8 Å². The van der Waals surface area contributed by atoms with Crippen LogP contribution in [0.2, 0.25) is 0 Å². The summed E-state index contributed by atoms with van der Waals surface area (Å²) in [5.74, 6) is 0.380. The Labute approximate surface area is 162 Å². The van der Waals surface area contributed by atoms with Gasteiger partial charge in [-0.15, -0.1) is 0 Å². The molecule has 3 rings (SSSR count). The van der Waals surface area contributed by atoms with Crippen molar-refractivity contribution in [1.82, 2.24) is 4.90 Å². The lowest BCUT2D eigenvalue weighted by Gasteiger charge is -2.30. The second-order valence-corrected chi connectivity index (χ2v) is 7.07. The van der Waals surface area contributed by atoms with Gasteiger partial charge in [0.05, 0.1) is 12.8 Å². The second-order valence-electron chi connectivity index (χ2n) is 5.90. The van der Waals surface area contributed by atoms with E-state index >= 15 is 0 Å². The summed E-state index contributed by atoms with van der Waals surface area (Å²) in [5, 5.41) is 2.86. The molecule has 0 bridgehead atoms. The zero-order valence-electron chi connectivity index (χ0n) is 15.2. The monoisotopic (exact) mass is 383 g/mol. The highest BCUT2D eigenvalue weighted by molar-refractivity contribution is 8.15. The number of para-hydroxylation sites is 1. The van der Waals surface area contributed by atoms with Crippen LogP contribution in [0, 0.1) is 0 Å². The minimum Gasteiger partial charge on any atom is -0.497 e. The van der Waals surface area contributed by atoms with Crippen molar-refractivity contribution in [2.75, 3.05) is 19.0 Å². The number of amides is 2. The summed E-state index contributed by atoms with van der Waals surface area (Å²) in [7, 11) is 1.59. The van der Waals surface area contributed by atoms with E-state index in [9.17, 15) is 9.59 Å². The fourth-order valence-corrected chi connectivity index (χ4v) is 3.85. The average Bonchev–Trinajstić information content (AvgIpc) is 2.68. The molecule has 140 valence electrons. The Morgan fingerprint density at radius 2 is 2.04 bits per heavy atom. The molecule has 27 heavy (non-hydrogen) atoms. The lowest BCUT2D eigenvalue weighted by molar-refractivity contribution is -0.129. The molecule has 7 heteroatoms. The van der Waals surface area contributed by atoms with Crippen molar-refractivity contribution in [3.8, 4) is 5.75 Å². The van der Waals surface area contributed by atoms with Gasteiger partial charge >= 0.3 is 0 Å². The van der Waals surface area contributed by atoms with Gasteiger partial charge in [-0.2, -0.15) is 0 Å². The van der Waals surface area contributed by atoms with Crippen LogP contribution in [0.5, 0.6) is 5.75 Å². The van der Waals surface area contributed by atoms with E-state index in [2.05, 4.69) is 10.3 Å². The number of nitrogens with one attached hydrogen (secondary N) is 1. The first-order valence-corrected chi connectivity index (χ1v) is 9.54. The summed E-state index contributed by atoms with van der Waals surface area (Å²) in [6.45, 7) is 2.39. The van der Waals surface area contributed by atoms with Gasteiger partial charge in [0.15, 0.2) is 5.17 Å². The van der Waals surface area contributed by atoms with Gasteiger partial charge in [-0.3, -0.25) is 14.5 Å². The van der Waals surface area contributed by atoms with Gasteiger partial charge in [0, 0.05) is 24.7 Å². The molecule has 1 unspecified atom stereocenters. The first-order valence-electron chi connectivity index (χ1n) is 8.66. The van der Waals surface area contributed by atoms with Gasteiger partial charge in [-0.25, -0.2) is 4.99 Å². The molecule has 1 saturated heterocycles. The minimum atomic E-state index is -0.523. The molecule has 1 fully saturated rings. The van der Waals surface area contributed by atoms with E-state index in [0.717, 1.165) is 0 Å². The number of methoxy groups -OCH3 is 1. The molecule has 2 aromatic carbocycles. The molecule has 2 aromatic rings. The molecule has 0 radical (unpaired) electrons. The molecule has 2 amide bonds. The number of aliphatic imine (C=N–C) groups is 1. The average molecular weight is 383 g/mol. The first-order chi connectivity index (χ1) is 13.1. The third-order valence-electron chi connectivity index (χ3n) is 4.07. The molecule has 0 spiro atoms. The number of nitrogens with zero attached hydrogens (tertiary/aromatic N) is 2. The van der Waals surface area contributed by atoms with Crippen molar-refractivity contribution in [2.45, 2.75) is 18.6 Å². The quantitative estimate of drug-likeness (QED) is 0.855. The number of carbonyl (C=O) groups excluding carboxylic acids is 2. The van der Waals surface area contributed by atoms with Crippen molar-refractivity contribution < 1.29 is 14.3 Å². The highest BCUT2D eigenvalue weighted by Crippen LogP contribution is 2.30. The van der Waals surface area contributed by atoms with Crippen molar-refractivity contribution in [3.63, 3.8) is 0 Å². The lowest BCUT2D eigenvalue weighted by Crippen LogP contribution is -2.45. The molecule has 1 aliphatic rings. The summed E-state index contributed by atoms with van der Waals surface area (Å²) >= 11 is 1.31. The zero-order valence-corrected chi connectivity index (χ0v) is 16.0. The first kappa shape index (κ1) is 19.0. The molecule has 1 N–H and O–H groups in total. The van der Waals surface area contributed by atoms with E-state index in [1.54, 1.807) is 18.1 Å². The smallest absolute Gasteiger partial charge is 0.238 e. The predicted molar refractivity (Wildman–Crippen MR) is 109 cm³/mol. The van der Waals surface area contributed by atoms with Gasteiger partial charge in [0.1, 0.15) is 11.0 Å². The minimum absolute atomic E-state index is 0.105. The lowest BCUT2D eigenvalue weighted by atomic mass is 10.2. The maximum atomic E-state index is 12.6. The third-order valence-corrected chi connectivity index (χ3v) is 5.26. The number of hydrogen-bond acceptors (Lipinski definition) is 5. The molecular formula is C20H21N3O3S. The van der Waals surface area contributed by atoms with E-state index in [-0.39, 0.29) is 18.2 Å². The highest BCUT2D eigenvalue weighted by Gasteiger charge is 2.35. The summed E-state index contributed by atoms with van der Waals surface area (Å²) in [6, 6.07) is 16.5. The van der Waals surface area contributed by atoms with E-state index in [0.29, 0.717) is 28.8 Å². The van der Waals surface area contributed by atoms with Crippen molar-refractivity contribution in [2.24, 2.45) is 4.99 Å². The van der Waals surface area contributed by atoms with Crippen LogP contribution in [-0.2, 0) is 9.59 Å². The van der Waals surface area contributed by atoms with E-state index in [1.807, 2.05) is 55.5 Å². The van der Waals surface area contributed by atoms with Crippen LogP contribution >= 0.6 is 11.8 Å². The van der Waals surface area contributed by atoms with Gasteiger partial charge < -0.3 is 10.1 Å². The summed E-state index contributed by atoms with van der Waals surface area (Å²) < 4.78 is 5.22. The third kappa shape index (κ3) is 4.68. The van der Waals surface area contributed by atoms with Crippen LogP contribution in [-0.4, -0.2) is 40.8 Å². The van der Waals surface area contributed by atoms with Crippen molar-refractivity contribution >= 4 is 40.1 Å². The number of amidine groups is 1. The SMILES string of the molecule is CCN1C(=O)CC(C(=O)Nc2ccccc2)SC1=Nc1cccc(OC)c1. The fourth-order valence-electron chi connectivity index (χ4n) is 2.69. The predicted octanol–water partition coefficient (Wildman–Crippen LogP) is 3.68. The fraction of sp³-hybridized carbons (Fsp3) is 0.250. The van der Waals surface area contributed by atoms with Crippen LogP contribution in [0.4, 0.5) is 11.4 Å². The van der Waals surface area contributed by atoms with Gasteiger partial charge in [-0.1, -0.05) is 36.0 Å². The Hall–Kier alpha value is -2.80. The van der Waals surface area contributed by atoms with Crippen LogP contribution < -0.4 is 10.1 Å². The van der Waals surface area contributed by atoms with E-state index in [1.165, 1.54) is 11.8 Å². The standard InChI is InChI=1S/C20H21N3O3S/c1-3-23-18(24)13-17(19(25)21-14-8-5-4-6-9-14)27-20(23)22-15-10-7-11-16(12-15)26-2/h4-12,17H,3,13H2,1-2H3,(H,21,25). The van der Waals surface area contributed by atoms with Gasteiger partial charge in [0.25, 0.3) is 0 Å². The summed E-state index contributed by atoms with van der Waals surface area (Å²) in [6.07, 6.45) is 0.147. The molecule has 0 aromatic heterocycles. The Morgan fingerprint density at radius 3 is 2.74 bits per heavy atom. The van der Waals surface area contributed by atoms with Crippen LogP contribution in [0.25, 0.3) is 0 Å². The number of hydrogen-bond donors (Lipinski definition) is 1. The van der Waals surface area contributed by atoms with Crippen LogP contribution in [0.3, 0.4) is 0 Å². The number of thioether (sulfide) groups is 1. The number of benzene rings is 2.